The molecule has 94 valence electrons. The number of hydrogen-bond acceptors (Lipinski definition) is 2. The molecule has 0 saturated heterocycles. The van der Waals surface area contributed by atoms with Crippen LogP contribution >= 0.6 is 0 Å². The van der Waals surface area contributed by atoms with E-state index in [0.29, 0.717) is 11.3 Å². The molecule has 0 aromatic heterocycles. The Bertz CT molecular complexity index is 373. The number of rotatable bonds is 4. The molecular weight excluding hydrogens is 233 g/mol. The average molecular weight is 246 g/mol. The number of halogens is 3. The SMILES string of the molecule is Nc1ccc(C(=O)NCCCC(F)(F)F)cc1. The van der Waals surface area contributed by atoms with E-state index in [4.69, 9.17) is 5.73 Å². The van der Waals surface area contributed by atoms with Crippen LogP contribution in [0.15, 0.2) is 24.3 Å². The Morgan fingerprint density at radius 1 is 1.24 bits per heavy atom. The number of hydrogen-bond donors (Lipinski definition) is 2. The van der Waals surface area contributed by atoms with Crippen molar-refractivity contribution in [3.63, 3.8) is 0 Å². The van der Waals surface area contributed by atoms with Crippen molar-refractivity contribution in [2.24, 2.45) is 0 Å². The smallest absolute Gasteiger partial charge is 0.389 e. The number of amides is 1. The van der Waals surface area contributed by atoms with Gasteiger partial charge in [-0.3, -0.25) is 4.79 Å². The molecule has 0 aliphatic rings. The summed E-state index contributed by atoms with van der Waals surface area (Å²) in [7, 11) is 0. The summed E-state index contributed by atoms with van der Waals surface area (Å²) in [5.74, 6) is -0.396. The minimum Gasteiger partial charge on any atom is -0.399 e. The second-order valence-electron chi connectivity index (χ2n) is 3.60. The molecule has 0 fully saturated rings. The zero-order chi connectivity index (χ0) is 12.9. The lowest BCUT2D eigenvalue weighted by Gasteiger charge is -2.07. The third-order valence-electron chi connectivity index (χ3n) is 2.10. The molecule has 0 heterocycles. The first kappa shape index (κ1) is 13.3. The van der Waals surface area contributed by atoms with Gasteiger partial charge in [-0.2, -0.15) is 13.2 Å². The number of nitrogens with two attached hydrogens (primary N) is 1. The van der Waals surface area contributed by atoms with Crippen LogP contribution in [0.5, 0.6) is 0 Å². The predicted molar refractivity (Wildman–Crippen MR) is 58.5 cm³/mol. The summed E-state index contributed by atoms with van der Waals surface area (Å²) >= 11 is 0. The van der Waals surface area contributed by atoms with Crippen molar-refractivity contribution in [1.29, 1.82) is 0 Å². The van der Waals surface area contributed by atoms with Gasteiger partial charge in [-0.1, -0.05) is 0 Å². The van der Waals surface area contributed by atoms with Crippen LogP contribution in [-0.2, 0) is 0 Å². The van der Waals surface area contributed by atoms with Crippen LogP contribution in [0.25, 0.3) is 0 Å². The number of carbonyl (C=O) groups is 1. The lowest BCUT2D eigenvalue weighted by Crippen LogP contribution is -2.25. The maximum absolute atomic E-state index is 11.8. The first-order chi connectivity index (χ1) is 7.88. The van der Waals surface area contributed by atoms with Crippen molar-refractivity contribution >= 4 is 11.6 Å². The Hall–Kier alpha value is -1.72. The molecule has 6 heteroatoms. The summed E-state index contributed by atoms with van der Waals surface area (Å²) in [5, 5.41) is 2.41. The third kappa shape index (κ3) is 5.24. The molecule has 17 heavy (non-hydrogen) atoms. The number of nitrogen functional groups attached to an aromatic ring is 1. The molecule has 0 unspecified atom stereocenters. The van der Waals surface area contributed by atoms with Crippen molar-refractivity contribution in [2.75, 3.05) is 12.3 Å². The number of alkyl halides is 3. The largest absolute Gasteiger partial charge is 0.399 e. The van der Waals surface area contributed by atoms with Crippen molar-refractivity contribution in [2.45, 2.75) is 19.0 Å². The predicted octanol–water partition coefficient (Wildman–Crippen LogP) is 2.34. The maximum atomic E-state index is 11.8. The number of nitrogens with one attached hydrogen (secondary N) is 1. The van der Waals surface area contributed by atoms with Gasteiger partial charge in [0, 0.05) is 24.2 Å². The van der Waals surface area contributed by atoms with E-state index >= 15 is 0 Å². The Morgan fingerprint density at radius 3 is 2.35 bits per heavy atom. The topological polar surface area (TPSA) is 55.1 Å². The molecule has 1 rings (SSSR count). The molecule has 1 aromatic carbocycles. The first-order valence-electron chi connectivity index (χ1n) is 5.09. The zero-order valence-corrected chi connectivity index (χ0v) is 9.05. The van der Waals surface area contributed by atoms with E-state index in [2.05, 4.69) is 5.32 Å². The summed E-state index contributed by atoms with van der Waals surface area (Å²) in [6.45, 7) is 0.00270. The molecule has 0 aliphatic heterocycles. The molecule has 0 radical (unpaired) electrons. The molecule has 0 atom stereocenters. The van der Waals surface area contributed by atoms with E-state index in [1.807, 2.05) is 0 Å². The number of benzene rings is 1. The van der Waals surface area contributed by atoms with Gasteiger partial charge in [0.25, 0.3) is 5.91 Å². The van der Waals surface area contributed by atoms with Crippen molar-refractivity contribution in [1.82, 2.24) is 5.32 Å². The summed E-state index contributed by atoms with van der Waals surface area (Å²) in [6.07, 6.45) is -5.19. The molecule has 0 spiro atoms. The van der Waals surface area contributed by atoms with Crippen LogP contribution in [0.4, 0.5) is 18.9 Å². The second-order valence-corrected chi connectivity index (χ2v) is 3.60. The maximum Gasteiger partial charge on any atom is 0.389 e. The molecule has 0 bridgehead atoms. The molecule has 0 aliphatic carbocycles. The van der Waals surface area contributed by atoms with Crippen LogP contribution in [0.1, 0.15) is 23.2 Å². The van der Waals surface area contributed by atoms with Crippen LogP contribution in [0.2, 0.25) is 0 Å². The van der Waals surface area contributed by atoms with Gasteiger partial charge in [0.15, 0.2) is 0 Å². The van der Waals surface area contributed by atoms with E-state index < -0.39 is 18.5 Å². The standard InChI is InChI=1S/C11H13F3N2O/c12-11(13,14)6-1-7-16-10(17)8-2-4-9(15)5-3-8/h2-5H,1,6-7,15H2,(H,16,17). The lowest BCUT2D eigenvalue weighted by molar-refractivity contribution is -0.135. The van der Waals surface area contributed by atoms with Gasteiger partial charge in [-0.15, -0.1) is 0 Å². The molecular formula is C11H13F3N2O. The minimum atomic E-state index is -4.17. The number of anilines is 1. The summed E-state index contributed by atoms with van der Waals surface area (Å²) in [5.41, 5.74) is 6.35. The highest BCUT2D eigenvalue weighted by Crippen LogP contribution is 2.20. The van der Waals surface area contributed by atoms with Gasteiger partial charge < -0.3 is 11.1 Å². The van der Waals surface area contributed by atoms with Crippen LogP contribution < -0.4 is 11.1 Å². The Morgan fingerprint density at radius 2 is 1.82 bits per heavy atom. The number of carbonyl (C=O) groups excluding carboxylic acids is 1. The van der Waals surface area contributed by atoms with E-state index in [-0.39, 0.29) is 13.0 Å². The Balaban J connectivity index is 2.33. The summed E-state index contributed by atoms with van der Waals surface area (Å²) < 4.78 is 35.5. The molecule has 0 saturated carbocycles. The van der Waals surface area contributed by atoms with Gasteiger partial charge in [-0.05, 0) is 30.7 Å². The first-order valence-corrected chi connectivity index (χ1v) is 5.09. The van der Waals surface area contributed by atoms with Crippen molar-refractivity contribution in [3.8, 4) is 0 Å². The second kappa shape index (κ2) is 5.56. The average Bonchev–Trinajstić information content (AvgIpc) is 2.24. The van der Waals surface area contributed by atoms with Gasteiger partial charge in [0.2, 0.25) is 0 Å². The van der Waals surface area contributed by atoms with Crippen molar-refractivity contribution in [3.05, 3.63) is 29.8 Å². The Kier molecular flexibility index (Phi) is 4.37. The highest BCUT2D eigenvalue weighted by molar-refractivity contribution is 5.94. The highest BCUT2D eigenvalue weighted by atomic mass is 19.4. The van der Waals surface area contributed by atoms with Gasteiger partial charge in [-0.25, -0.2) is 0 Å². The quantitative estimate of drug-likeness (QED) is 0.633. The van der Waals surface area contributed by atoms with Crippen LogP contribution in [-0.4, -0.2) is 18.6 Å². The fourth-order valence-corrected chi connectivity index (χ4v) is 1.23. The normalized spacial score (nSPS) is 11.2. The summed E-state index contributed by atoms with van der Waals surface area (Å²) in [6, 6.07) is 6.16. The van der Waals surface area contributed by atoms with Crippen LogP contribution in [0.3, 0.4) is 0 Å². The minimum absolute atomic E-state index is 0.00270. The molecule has 1 aromatic rings. The van der Waals surface area contributed by atoms with Crippen LogP contribution in [0, 0.1) is 0 Å². The van der Waals surface area contributed by atoms with E-state index in [9.17, 15) is 18.0 Å². The van der Waals surface area contributed by atoms with Gasteiger partial charge in [0.1, 0.15) is 0 Å². The zero-order valence-electron chi connectivity index (χ0n) is 9.05. The van der Waals surface area contributed by atoms with Crippen molar-refractivity contribution < 1.29 is 18.0 Å². The van der Waals surface area contributed by atoms with E-state index in [0.717, 1.165) is 0 Å². The van der Waals surface area contributed by atoms with E-state index in [1.165, 1.54) is 12.1 Å². The third-order valence-corrected chi connectivity index (χ3v) is 2.10. The van der Waals surface area contributed by atoms with Gasteiger partial charge in [0.05, 0.1) is 0 Å². The molecule has 3 nitrogen and oxygen atoms in total. The highest BCUT2D eigenvalue weighted by Gasteiger charge is 2.25. The molecule has 1 amide bonds. The lowest BCUT2D eigenvalue weighted by atomic mass is 10.2. The van der Waals surface area contributed by atoms with E-state index in [1.54, 1.807) is 12.1 Å². The Labute approximate surface area is 96.8 Å². The van der Waals surface area contributed by atoms with Gasteiger partial charge >= 0.3 is 6.18 Å². The summed E-state index contributed by atoms with van der Waals surface area (Å²) in [4.78, 5) is 11.4. The monoisotopic (exact) mass is 246 g/mol. The molecule has 3 N–H and O–H groups in total. The fraction of sp³-hybridized carbons (Fsp3) is 0.364. The fourth-order valence-electron chi connectivity index (χ4n) is 1.23.